The summed E-state index contributed by atoms with van der Waals surface area (Å²) in [7, 11) is 0. The topological polar surface area (TPSA) is 64.1 Å². The van der Waals surface area contributed by atoms with Crippen LogP contribution < -0.4 is 20.1 Å². The van der Waals surface area contributed by atoms with Crippen molar-refractivity contribution in [3.05, 3.63) is 23.8 Å². The van der Waals surface area contributed by atoms with Crippen LogP contribution >= 0.6 is 0 Å². The number of aliphatic imine (C=N–C) groups is 1. The summed E-state index contributed by atoms with van der Waals surface area (Å²) in [6.45, 7) is 8.34. The first kappa shape index (κ1) is 18.4. The summed E-state index contributed by atoms with van der Waals surface area (Å²) in [6, 6.07) is 6.07. The molecule has 0 bridgehead atoms. The highest BCUT2D eigenvalue weighted by atomic mass is 16.7. The van der Waals surface area contributed by atoms with E-state index in [4.69, 9.17) is 14.2 Å². The monoisotopic (exact) mass is 335 g/mol. The largest absolute Gasteiger partial charge is 0.454 e. The van der Waals surface area contributed by atoms with Crippen molar-refractivity contribution >= 4 is 5.96 Å². The molecule has 0 radical (unpaired) electrons. The fraction of sp³-hybridized carbons (Fsp3) is 0.611. The average Bonchev–Trinajstić information content (AvgIpc) is 3.05. The molecule has 0 aliphatic carbocycles. The zero-order chi connectivity index (χ0) is 17.0. The van der Waals surface area contributed by atoms with E-state index < -0.39 is 0 Å². The minimum atomic E-state index is 0.314. The zero-order valence-corrected chi connectivity index (χ0v) is 14.8. The Hall–Kier alpha value is -1.95. The lowest BCUT2D eigenvalue weighted by Gasteiger charge is -2.11. The number of guanidine groups is 1. The van der Waals surface area contributed by atoms with Gasteiger partial charge in [0.15, 0.2) is 17.5 Å². The first-order valence-electron chi connectivity index (χ1n) is 8.82. The Morgan fingerprint density at radius 3 is 2.88 bits per heavy atom. The van der Waals surface area contributed by atoms with Gasteiger partial charge in [-0.05, 0) is 37.5 Å². The first-order valence-corrected chi connectivity index (χ1v) is 8.82. The molecule has 0 atom stereocenters. The smallest absolute Gasteiger partial charge is 0.231 e. The molecule has 1 aromatic carbocycles. The standard InChI is InChI=1S/C18H29N3O3/c1-3-5-11-22-12-10-21-18(19-4-2)20-9-8-15-6-7-16-17(13-15)24-14-23-16/h6-7,13H,3-5,8-12,14H2,1-2H3,(H2,19,20,21). The van der Waals surface area contributed by atoms with E-state index in [1.54, 1.807) is 0 Å². The molecule has 1 aromatic rings. The number of rotatable bonds is 10. The van der Waals surface area contributed by atoms with Gasteiger partial charge < -0.3 is 24.8 Å². The number of ether oxygens (including phenoxy) is 3. The van der Waals surface area contributed by atoms with E-state index in [0.717, 1.165) is 56.4 Å². The van der Waals surface area contributed by atoms with E-state index in [9.17, 15) is 0 Å². The molecule has 2 N–H and O–H groups in total. The highest BCUT2D eigenvalue weighted by Gasteiger charge is 2.12. The van der Waals surface area contributed by atoms with Crippen LogP contribution in [0.3, 0.4) is 0 Å². The maximum absolute atomic E-state index is 5.53. The molecule has 6 nitrogen and oxygen atoms in total. The van der Waals surface area contributed by atoms with Crippen molar-refractivity contribution in [3.8, 4) is 11.5 Å². The van der Waals surface area contributed by atoms with Crippen molar-refractivity contribution in [2.24, 2.45) is 4.99 Å². The molecule has 134 valence electrons. The van der Waals surface area contributed by atoms with E-state index >= 15 is 0 Å². The van der Waals surface area contributed by atoms with E-state index in [2.05, 4.69) is 35.5 Å². The molecule has 2 rings (SSSR count). The maximum atomic E-state index is 5.53. The van der Waals surface area contributed by atoms with Crippen molar-refractivity contribution < 1.29 is 14.2 Å². The number of hydrogen-bond donors (Lipinski definition) is 2. The molecule has 0 spiro atoms. The van der Waals surface area contributed by atoms with Crippen molar-refractivity contribution in [3.63, 3.8) is 0 Å². The van der Waals surface area contributed by atoms with Crippen LogP contribution in [0.15, 0.2) is 23.2 Å². The minimum Gasteiger partial charge on any atom is -0.454 e. The molecule has 1 heterocycles. The van der Waals surface area contributed by atoms with Gasteiger partial charge in [-0.25, -0.2) is 0 Å². The summed E-state index contributed by atoms with van der Waals surface area (Å²) in [5.41, 5.74) is 1.21. The number of fused-ring (bicyclic) bond motifs is 1. The quantitative estimate of drug-likeness (QED) is 0.390. The van der Waals surface area contributed by atoms with E-state index in [1.807, 2.05) is 12.1 Å². The second kappa shape index (κ2) is 10.8. The summed E-state index contributed by atoms with van der Waals surface area (Å²) in [4.78, 5) is 4.52. The van der Waals surface area contributed by atoms with Gasteiger partial charge in [-0.15, -0.1) is 0 Å². The van der Waals surface area contributed by atoms with Gasteiger partial charge in [0, 0.05) is 19.7 Å². The number of nitrogens with zero attached hydrogens (tertiary/aromatic N) is 1. The lowest BCUT2D eigenvalue weighted by atomic mass is 10.1. The second-order valence-electron chi connectivity index (χ2n) is 5.59. The fourth-order valence-corrected chi connectivity index (χ4v) is 2.33. The summed E-state index contributed by atoms with van der Waals surface area (Å²) in [6.07, 6.45) is 3.17. The van der Waals surface area contributed by atoms with Crippen molar-refractivity contribution in [2.45, 2.75) is 33.1 Å². The van der Waals surface area contributed by atoms with Crippen LogP contribution in [0.25, 0.3) is 0 Å². The first-order chi connectivity index (χ1) is 11.8. The summed E-state index contributed by atoms with van der Waals surface area (Å²) < 4.78 is 16.3. The summed E-state index contributed by atoms with van der Waals surface area (Å²) in [5, 5.41) is 6.60. The van der Waals surface area contributed by atoms with Gasteiger partial charge in [-0.3, -0.25) is 4.99 Å². The minimum absolute atomic E-state index is 0.314. The molecule has 0 saturated heterocycles. The Bertz CT molecular complexity index is 520. The van der Waals surface area contributed by atoms with Crippen LogP contribution in [0, 0.1) is 0 Å². The number of unbranched alkanes of at least 4 members (excludes halogenated alkanes) is 1. The fourth-order valence-electron chi connectivity index (χ4n) is 2.33. The van der Waals surface area contributed by atoms with Crippen molar-refractivity contribution in [1.82, 2.24) is 10.6 Å². The van der Waals surface area contributed by atoms with Crippen LogP contribution in [-0.2, 0) is 11.2 Å². The molecule has 1 aliphatic heterocycles. The van der Waals surface area contributed by atoms with Gasteiger partial charge in [-0.1, -0.05) is 19.4 Å². The van der Waals surface area contributed by atoms with Gasteiger partial charge >= 0.3 is 0 Å². The number of nitrogens with one attached hydrogen (secondary N) is 2. The molecular weight excluding hydrogens is 306 g/mol. The van der Waals surface area contributed by atoms with Crippen molar-refractivity contribution in [1.29, 1.82) is 0 Å². The predicted molar refractivity (Wildman–Crippen MR) is 96.0 cm³/mol. The van der Waals surface area contributed by atoms with Gasteiger partial charge in [0.2, 0.25) is 6.79 Å². The Balaban J connectivity index is 1.70. The Labute approximate surface area is 144 Å². The van der Waals surface area contributed by atoms with E-state index in [-0.39, 0.29) is 0 Å². The zero-order valence-electron chi connectivity index (χ0n) is 14.8. The number of hydrogen-bond acceptors (Lipinski definition) is 4. The van der Waals surface area contributed by atoms with Gasteiger partial charge in [0.1, 0.15) is 0 Å². The molecular formula is C18H29N3O3. The SMILES string of the molecule is CCCCOCCN=C(NCC)NCCc1ccc2c(c1)OCO2. The summed E-state index contributed by atoms with van der Waals surface area (Å²) in [5.74, 6) is 2.49. The molecule has 24 heavy (non-hydrogen) atoms. The predicted octanol–water partition coefficient (Wildman–Crippen LogP) is 2.33. The second-order valence-corrected chi connectivity index (χ2v) is 5.59. The molecule has 1 aliphatic rings. The normalized spacial score (nSPS) is 13.2. The summed E-state index contributed by atoms with van der Waals surface area (Å²) >= 11 is 0. The number of benzene rings is 1. The Kier molecular flexibility index (Phi) is 8.24. The van der Waals surface area contributed by atoms with Crippen LogP contribution in [0.1, 0.15) is 32.3 Å². The van der Waals surface area contributed by atoms with E-state index in [1.165, 1.54) is 5.56 Å². The van der Waals surface area contributed by atoms with E-state index in [0.29, 0.717) is 19.9 Å². The van der Waals surface area contributed by atoms with Crippen LogP contribution in [0.2, 0.25) is 0 Å². The van der Waals surface area contributed by atoms with Crippen LogP contribution in [-0.4, -0.2) is 45.6 Å². The van der Waals surface area contributed by atoms with Gasteiger partial charge in [0.25, 0.3) is 0 Å². The molecule has 0 aromatic heterocycles. The third-order valence-electron chi connectivity index (χ3n) is 3.64. The molecule has 0 fully saturated rings. The maximum Gasteiger partial charge on any atom is 0.231 e. The molecule has 0 unspecified atom stereocenters. The lowest BCUT2D eigenvalue weighted by molar-refractivity contribution is 0.139. The Morgan fingerprint density at radius 2 is 2.04 bits per heavy atom. The molecule has 6 heteroatoms. The molecule has 0 amide bonds. The highest BCUT2D eigenvalue weighted by Crippen LogP contribution is 2.32. The van der Waals surface area contributed by atoms with Crippen LogP contribution in [0.5, 0.6) is 11.5 Å². The van der Waals surface area contributed by atoms with Gasteiger partial charge in [-0.2, -0.15) is 0 Å². The Morgan fingerprint density at radius 1 is 1.17 bits per heavy atom. The average molecular weight is 335 g/mol. The van der Waals surface area contributed by atoms with Crippen LogP contribution in [0.4, 0.5) is 0 Å². The van der Waals surface area contributed by atoms with Gasteiger partial charge in [0.05, 0.1) is 13.2 Å². The molecule has 0 saturated carbocycles. The third-order valence-corrected chi connectivity index (χ3v) is 3.64. The third kappa shape index (κ3) is 6.28. The van der Waals surface area contributed by atoms with Crippen molar-refractivity contribution in [2.75, 3.05) is 39.6 Å². The highest BCUT2D eigenvalue weighted by molar-refractivity contribution is 5.79. The lowest BCUT2D eigenvalue weighted by Crippen LogP contribution is -2.38.